The number of carbonyl (C=O) groups is 1. The van der Waals surface area contributed by atoms with Gasteiger partial charge in [-0.2, -0.15) is 5.10 Å². The molecule has 0 bridgehead atoms. The maximum absolute atomic E-state index is 12.0. The molecule has 0 saturated heterocycles. The van der Waals surface area contributed by atoms with E-state index in [-0.39, 0.29) is 5.78 Å². The third-order valence-corrected chi connectivity index (χ3v) is 2.86. The van der Waals surface area contributed by atoms with Gasteiger partial charge in [0.25, 0.3) is 0 Å². The highest BCUT2D eigenvalue weighted by atomic mass is 16.1. The van der Waals surface area contributed by atoms with Crippen molar-refractivity contribution in [2.45, 2.75) is 25.3 Å². The largest absolute Gasteiger partial charge is 0.319 e. The Bertz CT molecular complexity index is 363. The van der Waals surface area contributed by atoms with Crippen molar-refractivity contribution < 1.29 is 4.79 Å². The maximum atomic E-state index is 12.0. The molecule has 2 N–H and O–H groups in total. The molecule has 1 aliphatic carbocycles. The minimum absolute atomic E-state index is 0.0411. The van der Waals surface area contributed by atoms with E-state index in [1.165, 1.54) is 0 Å². The van der Waals surface area contributed by atoms with E-state index in [4.69, 9.17) is 5.73 Å². The van der Waals surface area contributed by atoms with E-state index in [1.807, 2.05) is 6.92 Å². The van der Waals surface area contributed by atoms with Gasteiger partial charge in [-0.05, 0) is 31.7 Å². The molecule has 76 valence electrons. The molecule has 1 fully saturated rings. The molecule has 1 atom stereocenters. The summed E-state index contributed by atoms with van der Waals surface area (Å²) >= 11 is 0. The van der Waals surface area contributed by atoms with Crippen LogP contribution >= 0.6 is 0 Å². The summed E-state index contributed by atoms with van der Waals surface area (Å²) < 4.78 is 1.62. The number of Topliss-reactive ketones (excluding diaryl/α,β-unsaturated/α-hetero) is 1. The fraction of sp³-hybridized carbons (Fsp3) is 0.600. The van der Waals surface area contributed by atoms with Gasteiger partial charge in [0.2, 0.25) is 5.78 Å². The van der Waals surface area contributed by atoms with E-state index >= 15 is 0 Å². The molecule has 0 radical (unpaired) electrons. The highest BCUT2D eigenvalue weighted by Gasteiger charge is 2.44. The van der Waals surface area contributed by atoms with Crippen LogP contribution in [0.25, 0.3) is 0 Å². The third kappa shape index (κ3) is 1.46. The van der Waals surface area contributed by atoms with Gasteiger partial charge in [0.15, 0.2) is 0 Å². The molecule has 1 aliphatic rings. The Kier molecular flexibility index (Phi) is 1.96. The van der Waals surface area contributed by atoms with Crippen LogP contribution < -0.4 is 5.73 Å². The first-order chi connectivity index (χ1) is 6.51. The second kappa shape index (κ2) is 2.92. The molecule has 1 aromatic heterocycles. The SMILES string of the molecule is Cn1ccc(C(=O)C(C)(N)C2CC2)n1. The third-order valence-electron chi connectivity index (χ3n) is 2.86. The summed E-state index contributed by atoms with van der Waals surface area (Å²) in [5, 5.41) is 4.07. The van der Waals surface area contributed by atoms with Crippen LogP contribution in [-0.4, -0.2) is 21.1 Å². The highest BCUT2D eigenvalue weighted by Crippen LogP contribution is 2.39. The molecule has 4 nitrogen and oxygen atoms in total. The van der Waals surface area contributed by atoms with Crippen LogP contribution in [0.1, 0.15) is 30.3 Å². The summed E-state index contributed by atoms with van der Waals surface area (Å²) in [4.78, 5) is 12.0. The summed E-state index contributed by atoms with van der Waals surface area (Å²) in [6, 6.07) is 1.72. The number of ketones is 1. The number of carbonyl (C=O) groups excluding carboxylic acids is 1. The Morgan fingerprint density at radius 1 is 1.71 bits per heavy atom. The van der Waals surface area contributed by atoms with Crippen molar-refractivity contribution in [1.82, 2.24) is 9.78 Å². The Balaban J connectivity index is 2.22. The summed E-state index contributed by atoms with van der Waals surface area (Å²) in [6.45, 7) is 1.81. The first kappa shape index (κ1) is 9.40. The predicted molar refractivity (Wildman–Crippen MR) is 52.9 cm³/mol. The molecule has 0 spiro atoms. The molecule has 1 aromatic rings. The maximum Gasteiger partial charge on any atom is 0.202 e. The fourth-order valence-corrected chi connectivity index (χ4v) is 1.68. The van der Waals surface area contributed by atoms with Crippen molar-refractivity contribution in [1.29, 1.82) is 0 Å². The molecule has 1 saturated carbocycles. The number of aryl methyl sites for hydroxylation is 1. The second-order valence-electron chi connectivity index (χ2n) is 4.26. The van der Waals surface area contributed by atoms with Crippen molar-refractivity contribution in [3.05, 3.63) is 18.0 Å². The average molecular weight is 193 g/mol. The summed E-state index contributed by atoms with van der Waals surface area (Å²) in [6.07, 6.45) is 3.88. The number of hydrogen-bond acceptors (Lipinski definition) is 3. The molecule has 0 aromatic carbocycles. The minimum Gasteiger partial charge on any atom is -0.319 e. The van der Waals surface area contributed by atoms with E-state index in [2.05, 4.69) is 5.10 Å². The van der Waals surface area contributed by atoms with Crippen LogP contribution in [0.15, 0.2) is 12.3 Å². The van der Waals surface area contributed by atoms with Crippen molar-refractivity contribution >= 4 is 5.78 Å². The number of hydrogen-bond donors (Lipinski definition) is 1. The van der Waals surface area contributed by atoms with Gasteiger partial charge in [0.05, 0.1) is 5.54 Å². The van der Waals surface area contributed by atoms with Crippen LogP contribution in [0.4, 0.5) is 0 Å². The topological polar surface area (TPSA) is 60.9 Å². The number of aromatic nitrogens is 2. The van der Waals surface area contributed by atoms with E-state index in [1.54, 1.807) is 24.0 Å². The summed E-state index contributed by atoms with van der Waals surface area (Å²) in [5.74, 6) is 0.303. The number of nitrogens with two attached hydrogens (primary N) is 1. The minimum atomic E-state index is -0.728. The summed E-state index contributed by atoms with van der Waals surface area (Å²) in [5.41, 5.74) is 5.76. The van der Waals surface area contributed by atoms with Crippen LogP contribution in [0.5, 0.6) is 0 Å². The van der Waals surface area contributed by atoms with Crippen LogP contribution in [0.3, 0.4) is 0 Å². The molecule has 0 amide bonds. The molecular weight excluding hydrogens is 178 g/mol. The lowest BCUT2D eigenvalue weighted by Gasteiger charge is -2.21. The van der Waals surface area contributed by atoms with Gasteiger partial charge in [0.1, 0.15) is 5.69 Å². The predicted octanol–water partition coefficient (Wildman–Crippen LogP) is 0.730. The van der Waals surface area contributed by atoms with Gasteiger partial charge < -0.3 is 5.73 Å². The molecule has 1 unspecified atom stereocenters. The van der Waals surface area contributed by atoms with Gasteiger partial charge >= 0.3 is 0 Å². The van der Waals surface area contributed by atoms with Gasteiger partial charge in [-0.3, -0.25) is 9.48 Å². The summed E-state index contributed by atoms with van der Waals surface area (Å²) in [7, 11) is 1.79. The van der Waals surface area contributed by atoms with E-state index in [9.17, 15) is 4.79 Å². The molecule has 0 aliphatic heterocycles. The zero-order chi connectivity index (χ0) is 10.3. The molecule has 1 heterocycles. The molecule has 14 heavy (non-hydrogen) atoms. The van der Waals surface area contributed by atoms with Crippen LogP contribution in [0.2, 0.25) is 0 Å². The van der Waals surface area contributed by atoms with Crippen LogP contribution in [-0.2, 0) is 7.05 Å². The number of nitrogens with zero attached hydrogens (tertiary/aromatic N) is 2. The standard InChI is InChI=1S/C10H15N3O/c1-10(11,7-3-4-7)9(14)8-5-6-13(2)12-8/h5-7H,3-4,11H2,1-2H3. The van der Waals surface area contributed by atoms with E-state index in [0.717, 1.165) is 12.8 Å². The molecule has 4 heteroatoms. The lowest BCUT2D eigenvalue weighted by molar-refractivity contribution is 0.0877. The van der Waals surface area contributed by atoms with Gasteiger partial charge in [-0.15, -0.1) is 0 Å². The van der Waals surface area contributed by atoms with Crippen LogP contribution in [0, 0.1) is 5.92 Å². The van der Waals surface area contributed by atoms with E-state index < -0.39 is 5.54 Å². The van der Waals surface area contributed by atoms with Gasteiger partial charge in [-0.25, -0.2) is 0 Å². The monoisotopic (exact) mass is 193 g/mol. The van der Waals surface area contributed by atoms with Crippen molar-refractivity contribution in [2.75, 3.05) is 0 Å². The Hall–Kier alpha value is -1.16. The first-order valence-electron chi connectivity index (χ1n) is 4.85. The smallest absolute Gasteiger partial charge is 0.202 e. The van der Waals surface area contributed by atoms with Crippen molar-refractivity contribution in [2.24, 2.45) is 18.7 Å². The lowest BCUT2D eigenvalue weighted by Crippen LogP contribution is -2.47. The average Bonchev–Trinajstić information content (AvgIpc) is 2.89. The zero-order valence-electron chi connectivity index (χ0n) is 8.53. The Morgan fingerprint density at radius 3 is 2.79 bits per heavy atom. The van der Waals surface area contributed by atoms with Gasteiger partial charge in [-0.1, -0.05) is 0 Å². The highest BCUT2D eigenvalue weighted by molar-refractivity contribution is 6.01. The Labute approximate surface area is 83.1 Å². The van der Waals surface area contributed by atoms with E-state index in [0.29, 0.717) is 11.6 Å². The molecular formula is C10H15N3O. The van der Waals surface area contributed by atoms with Gasteiger partial charge in [0, 0.05) is 13.2 Å². The second-order valence-corrected chi connectivity index (χ2v) is 4.26. The fourth-order valence-electron chi connectivity index (χ4n) is 1.68. The zero-order valence-corrected chi connectivity index (χ0v) is 8.53. The first-order valence-corrected chi connectivity index (χ1v) is 4.85. The number of rotatable bonds is 3. The van der Waals surface area contributed by atoms with Crippen molar-refractivity contribution in [3.8, 4) is 0 Å². The van der Waals surface area contributed by atoms with Crippen molar-refractivity contribution in [3.63, 3.8) is 0 Å². The molecule has 2 rings (SSSR count). The lowest BCUT2D eigenvalue weighted by atomic mass is 9.90. The normalized spacial score (nSPS) is 20.5. The Morgan fingerprint density at radius 2 is 2.36 bits per heavy atom. The quantitative estimate of drug-likeness (QED) is 0.720.